The Morgan fingerprint density at radius 2 is 1.68 bits per heavy atom. The minimum Gasteiger partial charge on any atom is -0.497 e. The fraction of sp³-hybridized carbons (Fsp3) is 0.562. The molecule has 3 heteroatoms. The van der Waals surface area contributed by atoms with Gasteiger partial charge in [-0.25, -0.2) is 0 Å². The lowest BCUT2D eigenvalue weighted by molar-refractivity contribution is 0.395. The van der Waals surface area contributed by atoms with Crippen LogP contribution in [0.4, 0.5) is 0 Å². The van der Waals surface area contributed by atoms with Gasteiger partial charge in [0.2, 0.25) is 0 Å². The minimum absolute atomic E-state index is 0.0256. The van der Waals surface area contributed by atoms with Crippen molar-refractivity contribution in [3.63, 3.8) is 0 Å². The van der Waals surface area contributed by atoms with Crippen LogP contribution in [0.5, 0.6) is 5.75 Å². The third kappa shape index (κ3) is 4.57. The van der Waals surface area contributed by atoms with Crippen molar-refractivity contribution < 1.29 is 4.74 Å². The number of benzene rings is 1. The number of hydrogen-bond acceptors (Lipinski definition) is 3. The molecule has 0 amide bonds. The van der Waals surface area contributed by atoms with Gasteiger partial charge in [-0.2, -0.15) is 5.26 Å². The van der Waals surface area contributed by atoms with E-state index in [0.29, 0.717) is 6.54 Å². The van der Waals surface area contributed by atoms with Crippen LogP contribution in [-0.4, -0.2) is 20.2 Å². The first-order valence-electron chi connectivity index (χ1n) is 6.57. The van der Waals surface area contributed by atoms with Crippen LogP contribution in [0.1, 0.15) is 33.3 Å². The molecule has 1 aromatic rings. The van der Waals surface area contributed by atoms with Gasteiger partial charge in [-0.05, 0) is 31.5 Å². The highest BCUT2D eigenvalue weighted by Gasteiger charge is 2.22. The van der Waals surface area contributed by atoms with E-state index in [1.165, 1.54) is 5.56 Å². The van der Waals surface area contributed by atoms with Crippen molar-refractivity contribution in [2.24, 2.45) is 5.41 Å². The maximum atomic E-state index is 8.99. The number of nitrogens with one attached hydrogen (secondary N) is 1. The molecule has 0 spiro atoms. The molecule has 0 unspecified atom stereocenters. The molecule has 104 valence electrons. The molecule has 0 saturated carbocycles. The normalized spacial score (nSPS) is 12.0. The quantitative estimate of drug-likeness (QED) is 0.854. The van der Waals surface area contributed by atoms with Crippen molar-refractivity contribution in [1.82, 2.24) is 5.32 Å². The summed E-state index contributed by atoms with van der Waals surface area (Å²) in [5.41, 5.74) is 0.962. The number of rotatable bonds is 6. The summed E-state index contributed by atoms with van der Waals surface area (Å²) in [6.45, 7) is 9.82. The highest BCUT2D eigenvalue weighted by molar-refractivity contribution is 5.31. The molecule has 0 aliphatic rings. The van der Waals surface area contributed by atoms with Gasteiger partial charge in [0.1, 0.15) is 5.75 Å². The summed E-state index contributed by atoms with van der Waals surface area (Å²) in [5.74, 6) is 0.873. The number of hydrogen-bond donors (Lipinski definition) is 1. The fourth-order valence-electron chi connectivity index (χ4n) is 1.87. The lowest BCUT2D eigenvalue weighted by Gasteiger charge is -2.27. The molecule has 0 heterocycles. The first-order valence-corrected chi connectivity index (χ1v) is 6.57. The SMILES string of the molecule is COc1ccc(C(C)(C)CNCC(C)(C)C#N)cc1. The van der Waals surface area contributed by atoms with E-state index in [9.17, 15) is 0 Å². The van der Waals surface area contributed by atoms with Crippen molar-refractivity contribution in [2.45, 2.75) is 33.1 Å². The highest BCUT2D eigenvalue weighted by atomic mass is 16.5. The topological polar surface area (TPSA) is 45.0 Å². The molecule has 19 heavy (non-hydrogen) atoms. The van der Waals surface area contributed by atoms with Gasteiger partial charge >= 0.3 is 0 Å². The van der Waals surface area contributed by atoms with E-state index in [4.69, 9.17) is 10.00 Å². The summed E-state index contributed by atoms with van der Waals surface area (Å²) in [7, 11) is 1.67. The number of ether oxygens (including phenoxy) is 1. The predicted octanol–water partition coefficient (Wildman–Crippen LogP) is 3.11. The lowest BCUT2D eigenvalue weighted by atomic mass is 9.84. The van der Waals surface area contributed by atoms with Crippen LogP contribution in [0.25, 0.3) is 0 Å². The standard InChI is InChI=1S/C16H24N2O/c1-15(2,10-17)11-18-12-16(3,4)13-6-8-14(19-5)9-7-13/h6-9,18H,11-12H2,1-5H3. The third-order valence-electron chi connectivity index (χ3n) is 3.31. The summed E-state index contributed by atoms with van der Waals surface area (Å²) in [5, 5.41) is 12.4. The summed E-state index contributed by atoms with van der Waals surface area (Å²) in [6, 6.07) is 10.5. The first kappa shape index (κ1) is 15.5. The van der Waals surface area contributed by atoms with Gasteiger partial charge in [0.05, 0.1) is 18.6 Å². The summed E-state index contributed by atoms with van der Waals surface area (Å²) in [6.07, 6.45) is 0. The predicted molar refractivity (Wildman–Crippen MR) is 78.3 cm³/mol. The van der Waals surface area contributed by atoms with Crippen molar-refractivity contribution in [1.29, 1.82) is 5.26 Å². The molecular weight excluding hydrogens is 236 g/mol. The largest absolute Gasteiger partial charge is 0.497 e. The fourth-order valence-corrected chi connectivity index (χ4v) is 1.87. The Balaban J connectivity index is 2.62. The van der Waals surface area contributed by atoms with E-state index in [1.54, 1.807) is 7.11 Å². The zero-order valence-electron chi connectivity index (χ0n) is 12.6. The monoisotopic (exact) mass is 260 g/mol. The van der Waals surface area contributed by atoms with Gasteiger partial charge in [0, 0.05) is 18.5 Å². The maximum absolute atomic E-state index is 8.99. The Morgan fingerprint density at radius 3 is 2.16 bits per heavy atom. The van der Waals surface area contributed by atoms with Crippen LogP contribution >= 0.6 is 0 Å². The molecule has 1 rings (SSSR count). The molecule has 0 radical (unpaired) electrons. The molecule has 1 aromatic carbocycles. The second kappa shape index (κ2) is 6.08. The van der Waals surface area contributed by atoms with Crippen LogP contribution in [-0.2, 0) is 5.41 Å². The zero-order chi connectivity index (χ0) is 14.5. The average Bonchev–Trinajstić information content (AvgIpc) is 2.38. The van der Waals surface area contributed by atoms with Crippen molar-refractivity contribution in [2.75, 3.05) is 20.2 Å². The molecule has 0 saturated heterocycles. The second-order valence-corrected chi connectivity index (χ2v) is 6.21. The van der Waals surface area contributed by atoms with Crippen molar-refractivity contribution >= 4 is 0 Å². The van der Waals surface area contributed by atoms with Gasteiger partial charge in [-0.3, -0.25) is 0 Å². The molecule has 1 N–H and O–H groups in total. The smallest absolute Gasteiger partial charge is 0.118 e. The van der Waals surface area contributed by atoms with E-state index >= 15 is 0 Å². The van der Waals surface area contributed by atoms with Crippen LogP contribution < -0.4 is 10.1 Å². The molecule has 0 aromatic heterocycles. The molecule has 0 atom stereocenters. The summed E-state index contributed by atoms with van der Waals surface area (Å²) >= 11 is 0. The van der Waals surface area contributed by atoms with Crippen molar-refractivity contribution in [3.05, 3.63) is 29.8 Å². The van der Waals surface area contributed by atoms with Gasteiger partial charge in [0.15, 0.2) is 0 Å². The Hall–Kier alpha value is -1.53. The molecule has 0 aliphatic carbocycles. The first-order chi connectivity index (χ1) is 8.80. The van der Waals surface area contributed by atoms with Gasteiger partial charge in [-0.15, -0.1) is 0 Å². The highest BCUT2D eigenvalue weighted by Crippen LogP contribution is 2.24. The Kier molecular flexibility index (Phi) is 4.97. The minimum atomic E-state index is -0.323. The van der Waals surface area contributed by atoms with Crippen molar-refractivity contribution in [3.8, 4) is 11.8 Å². The van der Waals surface area contributed by atoms with Crippen LogP contribution in [0.15, 0.2) is 24.3 Å². The number of nitrogens with zero attached hydrogens (tertiary/aromatic N) is 1. The second-order valence-electron chi connectivity index (χ2n) is 6.21. The molecule has 3 nitrogen and oxygen atoms in total. The van der Waals surface area contributed by atoms with E-state index in [0.717, 1.165) is 12.3 Å². The Morgan fingerprint density at radius 1 is 1.11 bits per heavy atom. The van der Waals surface area contributed by atoms with E-state index < -0.39 is 0 Å². The van der Waals surface area contributed by atoms with Gasteiger partial charge in [-0.1, -0.05) is 26.0 Å². The summed E-state index contributed by atoms with van der Waals surface area (Å²) < 4.78 is 5.17. The number of nitriles is 1. The maximum Gasteiger partial charge on any atom is 0.118 e. The number of methoxy groups -OCH3 is 1. The van der Waals surface area contributed by atoms with Gasteiger partial charge in [0.25, 0.3) is 0 Å². The zero-order valence-corrected chi connectivity index (χ0v) is 12.6. The molecule has 0 bridgehead atoms. The lowest BCUT2D eigenvalue weighted by Crippen LogP contribution is -2.37. The Labute approximate surface area is 116 Å². The third-order valence-corrected chi connectivity index (χ3v) is 3.31. The van der Waals surface area contributed by atoms with Crippen LogP contribution in [0, 0.1) is 16.7 Å². The average molecular weight is 260 g/mol. The Bertz CT molecular complexity index is 441. The summed E-state index contributed by atoms with van der Waals surface area (Å²) in [4.78, 5) is 0. The van der Waals surface area contributed by atoms with Gasteiger partial charge < -0.3 is 10.1 Å². The van der Waals surface area contributed by atoms with Crippen LogP contribution in [0.3, 0.4) is 0 Å². The van der Waals surface area contributed by atoms with E-state index in [-0.39, 0.29) is 10.8 Å². The molecular formula is C16H24N2O. The van der Waals surface area contributed by atoms with E-state index in [2.05, 4.69) is 37.4 Å². The van der Waals surface area contributed by atoms with Crippen LogP contribution in [0.2, 0.25) is 0 Å². The molecule has 0 aliphatic heterocycles. The van der Waals surface area contributed by atoms with E-state index in [1.807, 2.05) is 26.0 Å². The molecule has 0 fully saturated rings.